The van der Waals surface area contributed by atoms with Crippen LogP contribution in [0.3, 0.4) is 0 Å². The molecule has 2 N–H and O–H groups in total. The van der Waals surface area contributed by atoms with Gasteiger partial charge in [-0.1, -0.05) is 40.5 Å². The topological polar surface area (TPSA) is 64.1 Å². The molecular weight excluding hydrogens is 495 g/mol. The molecule has 0 spiro atoms. The van der Waals surface area contributed by atoms with E-state index in [4.69, 9.17) is 33.3 Å². The van der Waals surface area contributed by atoms with Crippen LogP contribution in [0.5, 0.6) is 11.5 Å². The Bertz CT molecular complexity index is 1070. The Balaban J connectivity index is 1.81. The van der Waals surface area contributed by atoms with E-state index in [9.17, 15) is 4.39 Å². The third-order valence-corrected chi connectivity index (χ3v) is 5.70. The molecule has 10 heteroatoms. The molecule has 3 aromatic rings. The van der Waals surface area contributed by atoms with Gasteiger partial charge in [-0.3, -0.25) is 5.10 Å². The van der Waals surface area contributed by atoms with E-state index in [1.807, 2.05) is 19.9 Å². The molecule has 1 aromatic heterocycles. The van der Waals surface area contributed by atoms with Gasteiger partial charge in [-0.2, -0.15) is 5.10 Å². The highest BCUT2D eigenvalue weighted by Crippen LogP contribution is 2.35. The summed E-state index contributed by atoms with van der Waals surface area (Å²) in [4.78, 5) is 0. The van der Waals surface area contributed by atoms with E-state index in [1.54, 1.807) is 22.9 Å². The van der Waals surface area contributed by atoms with Gasteiger partial charge in [-0.05, 0) is 49.0 Å². The second-order valence-corrected chi connectivity index (χ2v) is 7.93. The molecule has 0 atom stereocenters. The minimum atomic E-state index is -0.413. The van der Waals surface area contributed by atoms with Crippen LogP contribution in [0, 0.1) is 10.6 Å². The fourth-order valence-electron chi connectivity index (χ4n) is 2.81. The fourth-order valence-corrected chi connectivity index (χ4v) is 3.70. The molecule has 0 radical (unpaired) electrons. The first-order valence-electron chi connectivity index (χ1n) is 9.35. The van der Waals surface area contributed by atoms with Gasteiger partial charge < -0.3 is 14.9 Å². The van der Waals surface area contributed by atoms with Crippen LogP contribution in [-0.4, -0.2) is 21.5 Å². The maximum absolute atomic E-state index is 14.0. The van der Waals surface area contributed by atoms with Crippen LogP contribution in [0.2, 0.25) is 5.02 Å². The van der Waals surface area contributed by atoms with Crippen LogP contribution in [0.1, 0.15) is 30.8 Å². The van der Waals surface area contributed by atoms with Crippen LogP contribution in [0.15, 0.2) is 34.8 Å². The van der Waals surface area contributed by atoms with Crippen LogP contribution < -0.4 is 14.9 Å². The number of nitrogens with one attached hydrogen (secondary N) is 2. The van der Waals surface area contributed by atoms with Crippen LogP contribution >= 0.6 is 39.7 Å². The van der Waals surface area contributed by atoms with Crippen molar-refractivity contribution in [3.63, 3.8) is 0 Å². The molecular formula is C20H21BrClFN4O2S. The summed E-state index contributed by atoms with van der Waals surface area (Å²) in [5.74, 6) is 1.43. The molecule has 0 saturated carbocycles. The minimum Gasteiger partial charge on any atom is -0.490 e. The molecule has 0 aliphatic heterocycles. The number of aromatic nitrogens is 3. The lowest BCUT2D eigenvalue weighted by Crippen LogP contribution is -2.17. The Morgan fingerprint density at radius 2 is 2.03 bits per heavy atom. The SMILES string of the molecule is CCOc1cc(CNn2c(CC)n[nH]c2=S)c(Br)cc1OCc1c(F)cccc1Cl. The number of hydrogen-bond acceptors (Lipinski definition) is 5. The number of aromatic amines is 1. The van der Waals surface area contributed by atoms with Gasteiger partial charge in [0.25, 0.3) is 0 Å². The van der Waals surface area contributed by atoms with Gasteiger partial charge in [0.05, 0.1) is 18.2 Å². The van der Waals surface area contributed by atoms with Crippen molar-refractivity contribution in [2.45, 2.75) is 33.4 Å². The monoisotopic (exact) mass is 514 g/mol. The Hall–Kier alpha value is -2.10. The summed E-state index contributed by atoms with van der Waals surface area (Å²) in [5.41, 5.74) is 4.48. The lowest BCUT2D eigenvalue weighted by molar-refractivity contribution is 0.265. The van der Waals surface area contributed by atoms with Gasteiger partial charge in [-0.15, -0.1) is 0 Å². The number of ether oxygens (including phenoxy) is 2. The number of rotatable bonds is 9. The van der Waals surface area contributed by atoms with Crippen LogP contribution in [-0.2, 0) is 19.6 Å². The van der Waals surface area contributed by atoms with Crippen molar-refractivity contribution in [2.24, 2.45) is 0 Å². The van der Waals surface area contributed by atoms with Crippen LogP contribution in [0.4, 0.5) is 4.39 Å². The normalized spacial score (nSPS) is 10.8. The Kier molecular flexibility index (Phi) is 7.74. The fraction of sp³-hybridized carbons (Fsp3) is 0.300. The molecule has 0 bridgehead atoms. The molecule has 6 nitrogen and oxygen atoms in total. The molecule has 2 aromatic carbocycles. The molecule has 0 aliphatic rings. The quantitative estimate of drug-likeness (QED) is 0.354. The summed E-state index contributed by atoms with van der Waals surface area (Å²) >= 11 is 14.9. The van der Waals surface area contributed by atoms with Crippen molar-refractivity contribution in [1.29, 1.82) is 0 Å². The van der Waals surface area contributed by atoms with Gasteiger partial charge in [0.2, 0.25) is 4.77 Å². The third kappa shape index (κ3) is 5.14. The van der Waals surface area contributed by atoms with Crippen molar-refractivity contribution >= 4 is 39.7 Å². The summed E-state index contributed by atoms with van der Waals surface area (Å²) in [5, 5.41) is 7.28. The number of aryl methyl sites for hydroxylation is 1. The molecule has 0 amide bonds. The van der Waals surface area contributed by atoms with Crippen molar-refractivity contribution in [1.82, 2.24) is 14.9 Å². The maximum atomic E-state index is 14.0. The van der Waals surface area contributed by atoms with Gasteiger partial charge in [0.1, 0.15) is 12.4 Å². The number of nitrogens with zero attached hydrogens (tertiary/aromatic N) is 2. The lowest BCUT2D eigenvalue weighted by Gasteiger charge is -2.17. The molecule has 0 aliphatic carbocycles. The zero-order valence-electron chi connectivity index (χ0n) is 16.5. The largest absolute Gasteiger partial charge is 0.490 e. The zero-order valence-corrected chi connectivity index (χ0v) is 19.6. The Labute approximate surface area is 192 Å². The molecule has 0 saturated heterocycles. The van der Waals surface area contributed by atoms with Gasteiger partial charge in [0, 0.05) is 16.5 Å². The minimum absolute atomic E-state index is 0.0142. The maximum Gasteiger partial charge on any atom is 0.214 e. The smallest absolute Gasteiger partial charge is 0.214 e. The summed E-state index contributed by atoms with van der Waals surface area (Å²) in [6.07, 6.45) is 0.733. The predicted octanol–water partition coefficient (Wildman–Crippen LogP) is 5.78. The summed E-state index contributed by atoms with van der Waals surface area (Å²) < 4.78 is 28.7. The number of H-pyrrole nitrogens is 1. The second-order valence-electron chi connectivity index (χ2n) is 6.28. The summed E-state index contributed by atoms with van der Waals surface area (Å²) in [7, 11) is 0. The third-order valence-electron chi connectivity index (χ3n) is 4.33. The van der Waals surface area contributed by atoms with Crippen molar-refractivity contribution in [3.8, 4) is 11.5 Å². The van der Waals surface area contributed by atoms with E-state index >= 15 is 0 Å². The predicted molar refractivity (Wildman–Crippen MR) is 121 cm³/mol. The molecule has 0 unspecified atom stereocenters. The second kappa shape index (κ2) is 10.3. The van der Waals surface area contributed by atoms with Crippen molar-refractivity contribution < 1.29 is 13.9 Å². The van der Waals surface area contributed by atoms with Gasteiger partial charge in [-0.25, -0.2) is 9.07 Å². The average molecular weight is 516 g/mol. The Morgan fingerprint density at radius 3 is 2.73 bits per heavy atom. The van der Waals surface area contributed by atoms with E-state index in [2.05, 4.69) is 31.6 Å². The van der Waals surface area contributed by atoms with E-state index < -0.39 is 5.82 Å². The first kappa shape index (κ1) is 22.6. The first-order valence-corrected chi connectivity index (χ1v) is 10.9. The number of benzene rings is 2. The van der Waals surface area contributed by atoms with Crippen molar-refractivity contribution in [3.05, 3.63) is 67.4 Å². The molecule has 1 heterocycles. The van der Waals surface area contributed by atoms with Gasteiger partial charge in [0.15, 0.2) is 17.3 Å². The highest BCUT2D eigenvalue weighted by molar-refractivity contribution is 9.10. The van der Waals surface area contributed by atoms with E-state index in [-0.39, 0.29) is 6.61 Å². The molecule has 30 heavy (non-hydrogen) atoms. The Morgan fingerprint density at radius 1 is 1.27 bits per heavy atom. The number of hydrogen-bond donors (Lipinski definition) is 2. The number of halogens is 3. The van der Waals surface area contributed by atoms with Gasteiger partial charge >= 0.3 is 0 Å². The standard InChI is InChI=1S/C20H21BrClFN4O2S/c1-3-19-25-26-20(30)27(19)24-10-12-8-17(28-4-2)18(9-14(12)21)29-11-13-15(22)6-5-7-16(13)23/h5-9,24H,3-4,10-11H2,1-2H3,(H,26,30). The molecule has 0 fully saturated rings. The first-order chi connectivity index (χ1) is 14.4. The summed E-state index contributed by atoms with van der Waals surface area (Å²) in [6, 6.07) is 8.20. The molecule has 160 valence electrons. The van der Waals surface area contributed by atoms with Crippen molar-refractivity contribution in [2.75, 3.05) is 12.0 Å². The summed E-state index contributed by atoms with van der Waals surface area (Å²) in [6.45, 7) is 4.80. The van der Waals surface area contributed by atoms with E-state index in [0.717, 1.165) is 22.3 Å². The van der Waals surface area contributed by atoms with E-state index in [1.165, 1.54) is 6.07 Å². The zero-order chi connectivity index (χ0) is 21.7. The highest BCUT2D eigenvalue weighted by atomic mass is 79.9. The highest BCUT2D eigenvalue weighted by Gasteiger charge is 2.14. The van der Waals surface area contributed by atoms with E-state index in [0.29, 0.717) is 40.0 Å². The van der Waals surface area contributed by atoms with Crippen LogP contribution in [0.25, 0.3) is 0 Å². The molecule has 3 rings (SSSR count). The average Bonchev–Trinajstić information content (AvgIpc) is 3.08. The lowest BCUT2D eigenvalue weighted by atomic mass is 10.2.